The average molecular weight is 362 g/mol. The van der Waals surface area contributed by atoms with E-state index in [0.717, 1.165) is 55.8 Å². The highest BCUT2D eigenvalue weighted by molar-refractivity contribution is 5.74. The molecule has 26 heavy (non-hydrogen) atoms. The first kappa shape index (κ1) is 19.0. The van der Waals surface area contributed by atoms with Crippen molar-refractivity contribution in [1.29, 1.82) is 0 Å². The van der Waals surface area contributed by atoms with Gasteiger partial charge in [0.05, 0.1) is 19.1 Å². The molecule has 1 aromatic carbocycles. The lowest BCUT2D eigenvalue weighted by atomic mass is 10.1. The smallest absolute Gasteiger partial charge is 0.308 e. The van der Waals surface area contributed by atoms with Crippen LogP contribution in [0.2, 0.25) is 0 Å². The summed E-state index contributed by atoms with van der Waals surface area (Å²) in [5.41, 5.74) is 1.12. The Morgan fingerprint density at radius 3 is 2.38 bits per heavy atom. The summed E-state index contributed by atoms with van der Waals surface area (Å²) in [6.45, 7) is 2.33. The van der Waals surface area contributed by atoms with E-state index >= 15 is 0 Å². The first-order valence-corrected chi connectivity index (χ1v) is 9.96. The maximum absolute atomic E-state index is 11.4. The minimum atomic E-state index is 0.0192. The third-order valence-corrected chi connectivity index (χ3v) is 4.79. The van der Waals surface area contributed by atoms with E-state index in [2.05, 4.69) is 0 Å². The van der Waals surface area contributed by atoms with E-state index in [0.29, 0.717) is 20.0 Å². The minimum Gasteiger partial charge on any atom is -0.465 e. The molecule has 1 fully saturated rings. The van der Waals surface area contributed by atoms with Crippen molar-refractivity contribution < 1.29 is 23.7 Å². The molecule has 1 saturated carbocycles. The van der Waals surface area contributed by atoms with Gasteiger partial charge < -0.3 is 18.9 Å². The topological polar surface area (TPSA) is 54.0 Å². The van der Waals surface area contributed by atoms with E-state index in [1.807, 2.05) is 18.2 Å². The molecular formula is C21H30O5. The van der Waals surface area contributed by atoms with Crippen LogP contribution < -0.4 is 9.47 Å². The van der Waals surface area contributed by atoms with Crippen molar-refractivity contribution in [3.63, 3.8) is 0 Å². The molecule has 2 aliphatic rings. The number of ether oxygens (including phenoxy) is 4. The molecule has 0 unspecified atom stereocenters. The summed E-state index contributed by atoms with van der Waals surface area (Å²) < 4.78 is 21.6. The van der Waals surface area contributed by atoms with Crippen LogP contribution in [0, 0.1) is 5.92 Å². The molecule has 5 heteroatoms. The molecular weight excluding hydrogens is 332 g/mol. The molecule has 0 aromatic heterocycles. The van der Waals surface area contributed by atoms with E-state index in [-0.39, 0.29) is 11.9 Å². The Labute approximate surface area is 156 Å². The normalized spacial score (nSPS) is 15.2. The zero-order chi connectivity index (χ0) is 18.0. The van der Waals surface area contributed by atoms with Gasteiger partial charge in [-0.15, -0.1) is 0 Å². The number of esters is 1. The fourth-order valence-corrected chi connectivity index (χ4v) is 3.02. The third-order valence-electron chi connectivity index (χ3n) is 4.79. The molecule has 0 N–H and O–H groups in total. The number of carbonyl (C=O) groups is 1. The number of hydrogen-bond acceptors (Lipinski definition) is 5. The third kappa shape index (κ3) is 6.52. The highest BCUT2D eigenvalue weighted by Gasteiger charge is 2.30. The zero-order valence-corrected chi connectivity index (χ0v) is 15.5. The number of rotatable bonds is 13. The van der Waals surface area contributed by atoms with E-state index < -0.39 is 0 Å². The Kier molecular flexibility index (Phi) is 7.62. The van der Waals surface area contributed by atoms with Gasteiger partial charge in [0.1, 0.15) is 0 Å². The van der Waals surface area contributed by atoms with Crippen molar-refractivity contribution in [3.05, 3.63) is 23.8 Å². The van der Waals surface area contributed by atoms with Crippen molar-refractivity contribution in [1.82, 2.24) is 0 Å². The van der Waals surface area contributed by atoms with Gasteiger partial charge in [0.25, 0.3) is 0 Å². The second-order valence-corrected chi connectivity index (χ2v) is 7.16. The Bertz CT molecular complexity index is 568. The van der Waals surface area contributed by atoms with Crippen molar-refractivity contribution >= 4 is 5.97 Å². The number of unbranched alkanes of at least 4 members (excludes halogenated alkanes) is 6. The van der Waals surface area contributed by atoms with Crippen molar-refractivity contribution in [2.45, 2.75) is 64.4 Å². The minimum absolute atomic E-state index is 0.0192. The van der Waals surface area contributed by atoms with Crippen LogP contribution >= 0.6 is 0 Å². The van der Waals surface area contributed by atoms with Crippen LogP contribution in [-0.4, -0.2) is 26.0 Å². The lowest BCUT2D eigenvalue weighted by molar-refractivity contribution is -0.145. The summed E-state index contributed by atoms with van der Waals surface area (Å²) in [4.78, 5) is 11.4. The lowest BCUT2D eigenvalue weighted by Gasteiger charge is -2.06. The van der Waals surface area contributed by atoms with Crippen LogP contribution in [0.25, 0.3) is 0 Å². The summed E-state index contributed by atoms with van der Waals surface area (Å²) in [7, 11) is 0. The predicted octanol–water partition coefficient (Wildman–Crippen LogP) is 4.62. The molecule has 0 saturated heterocycles. The van der Waals surface area contributed by atoms with Crippen LogP contribution in [0.1, 0.15) is 63.4 Å². The average Bonchev–Trinajstić information content (AvgIpc) is 3.40. The Morgan fingerprint density at radius 2 is 1.62 bits per heavy atom. The molecule has 1 aliphatic heterocycles. The molecule has 144 valence electrons. The van der Waals surface area contributed by atoms with Crippen LogP contribution in [0.4, 0.5) is 0 Å². The standard InChI is InChI=1S/C21H30O5/c22-21(18-9-10-18)24-13-7-5-3-1-2-4-6-12-23-15-17-8-11-19-20(14-17)26-16-25-19/h8,11,14,18H,1-7,9-10,12-13,15-16H2. The van der Waals surface area contributed by atoms with E-state index in [1.54, 1.807) is 0 Å². The molecule has 1 aliphatic carbocycles. The maximum Gasteiger partial charge on any atom is 0.308 e. The Balaban J connectivity index is 1.09. The summed E-state index contributed by atoms with van der Waals surface area (Å²) in [6.07, 6.45) is 10.2. The monoisotopic (exact) mass is 362 g/mol. The first-order valence-electron chi connectivity index (χ1n) is 9.96. The van der Waals surface area contributed by atoms with Crippen LogP contribution in [0.5, 0.6) is 11.5 Å². The summed E-state index contributed by atoms with van der Waals surface area (Å²) in [6, 6.07) is 5.95. The molecule has 0 atom stereocenters. The first-order chi connectivity index (χ1) is 12.8. The van der Waals surface area contributed by atoms with Gasteiger partial charge in [-0.3, -0.25) is 4.79 Å². The maximum atomic E-state index is 11.4. The van der Waals surface area contributed by atoms with Crippen molar-refractivity contribution in [2.75, 3.05) is 20.0 Å². The fourth-order valence-electron chi connectivity index (χ4n) is 3.02. The van der Waals surface area contributed by atoms with Gasteiger partial charge in [-0.1, -0.05) is 38.2 Å². The van der Waals surface area contributed by atoms with E-state index in [9.17, 15) is 4.79 Å². The molecule has 5 nitrogen and oxygen atoms in total. The highest BCUT2D eigenvalue weighted by atomic mass is 16.7. The quantitative estimate of drug-likeness (QED) is 0.379. The Hall–Kier alpha value is -1.75. The molecule has 0 amide bonds. The SMILES string of the molecule is O=C(OCCCCCCCCCOCc1ccc2c(c1)OCO2)C1CC1. The van der Waals surface area contributed by atoms with E-state index in [1.165, 1.54) is 25.7 Å². The molecule has 1 heterocycles. The highest BCUT2D eigenvalue weighted by Crippen LogP contribution is 2.32. The van der Waals surface area contributed by atoms with Gasteiger partial charge in [-0.25, -0.2) is 0 Å². The van der Waals surface area contributed by atoms with Gasteiger partial charge in [0.2, 0.25) is 6.79 Å². The zero-order valence-electron chi connectivity index (χ0n) is 15.5. The van der Waals surface area contributed by atoms with Crippen LogP contribution in [0.3, 0.4) is 0 Å². The van der Waals surface area contributed by atoms with Crippen molar-refractivity contribution in [2.24, 2.45) is 5.92 Å². The number of carbonyl (C=O) groups excluding carboxylic acids is 1. The van der Waals surface area contributed by atoms with Gasteiger partial charge in [0, 0.05) is 6.61 Å². The number of fused-ring (bicyclic) bond motifs is 1. The lowest BCUT2D eigenvalue weighted by Crippen LogP contribution is -2.07. The fraction of sp³-hybridized carbons (Fsp3) is 0.667. The summed E-state index contributed by atoms with van der Waals surface area (Å²) in [5.74, 6) is 1.87. The molecule has 3 rings (SSSR count). The number of hydrogen-bond donors (Lipinski definition) is 0. The molecule has 0 spiro atoms. The van der Waals surface area contributed by atoms with E-state index in [4.69, 9.17) is 18.9 Å². The van der Waals surface area contributed by atoms with Crippen LogP contribution in [-0.2, 0) is 20.9 Å². The largest absolute Gasteiger partial charge is 0.465 e. The number of benzene rings is 1. The summed E-state index contributed by atoms with van der Waals surface area (Å²) in [5, 5.41) is 0. The second kappa shape index (κ2) is 10.4. The second-order valence-electron chi connectivity index (χ2n) is 7.16. The van der Waals surface area contributed by atoms with Gasteiger partial charge in [0.15, 0.2) is 11.5 Å². The van der Waals surface area contributed by atoms with Gasteiger partial charge in [-0.2, -0.15) is 0 Å². The van der Waals surface area contributed by atoms with Crippen LogP contribution in [0.15, 0.2) is 18.2 Å². The summed E-state index contributed by atoms with van der Waals surface area (Å²) >= 11 is 0. The van der Waals surface area contributed by atoms with Crippen molar-refractivity contribution in [3.8, 4) is 11.5 Å². The Morgan fingerprint density at radius 1 is 0.923 bits per heavy atom. The predicted molar refractivity (Wildman–Crippen MR) is 98.2 cm³/mol. The molecule has 0 radical (unpaired) electrons. The molecule has 0 bridgehead atoms. The molecule has 1 aromatic rings. The van der Waals surface area contributed by atoms with Gasteiger partial charge >= 0.3 is 5.97 Å². The van der Waals surface area contributed by atoms with Gasteiger partial charge in [-0.05, 0) is 43.4 Å².